The maximum atomic E-state index is 13.9. The highest BCUT2D eigenvalue weighted by Gasteiger charge is 2.28. The molecule has 0 bridgehead atoms. The number of benzene rings is 4. The Hall–Kier alpha value is -9.38. The number of rotatable bonds is 12. The topological polar surface area (TPSA) is 228 Å². The Kier molecular flexibility index (Phi) is 20.4. The van der Waals surface area contributed by atoms with Crippen molar-refractivity contribution in [3.05, 3.63) is 211 Å². The van der Waals surface area contributed by atoms with Crippen molar-refractivity contribution in [2.24, 2.45) is 0 Å². The number of amides is 4. The third-order valence-corrected chi connectivity index (χ3v) is 15.2. The molecule has 13 rings (SSSR count). The van der Waals surface area contributed by atoms with E-state index in [2.05, 4.69) is 56.3 Å². The molecular formula is C64H56Cl5FN16O4. The first-order chi connectivity index (χ1) is 43.6. The van der Waals surface area contributed by atoms with Gasteiger partial charge in [0.25, 0.3) is 23.6 Å². The molecule has 90 heavy (non-hydrogen) atoms. The molecule has 8 aromatic heterocycles. The van der Waals surface area contributed by atoms with Gasteiger partial charge in [0.1, 0.15) is 28.6 Å². The number of carbonyl (C=O) groups excluding carboxylic acids is 4. The van der Waals surface area contributed by atoms with Crippen molar-refractivity contribution in [3.8, 4) is 45.0 Å². The molecule has 1 aliphatic heterocycles. The fourth-order valence-electron chi connectivity index (χ4n) is 9.84. The number of halogens is 6. The highest BCUT2D eigenvalue weighted by Crippen LogP contribution is 2.34. The van der Waals surface area contributed by atoms with Crippen molar-refractivity contribution in [3.63, 3.8) is 0 Å². The monoisotopic (exact) mass is 1310 g/mol. The van der Waals surface area contributed by atoms with Crippen LogP contribution >= 0.6 is 58.0 Å². The zero-order valence-electron chi connectivity index (χ0n) is 48.8. The summed E-state index contributed by atoms with van der Waals surface area (Å²) in [7, 11) is 1.51. The zero-order valence-corrected chi connectivity index (χ0v) is 52.6. The van der Waals surface area contributed by atoms with Gasteiger partial charge in [-0.1, -0.05) is 96.1 Å². The number of hydrogen-bond acceptors (Lipinski definition) is 12. The number of likely N-dealkylation sites (tertiary alicyclic amines) is 1. The molecule has 0 saturated carbocycles. The lowest BCUT2D eigenvalue weighted by Gasteiger charge is -2.14. The van der Waals surface area contributed by atoms with Crippen LogP contribution in [0, 0.1) is 12.7 Å². The van der Waals surface area contributed by atoms with Crippen LogP contribution in [0.3, 0.4) is 0 Å². The zero-order chi connectivity index (χ0) is 63.6. The fraction of sp³-hybridized carbons (Fsp3) is 0.188. The lowest BCUT2D eigenvalue weighted by molar-refractivity contribution is 0.0787. The summed E-state index contributed by atoms with van der Waals surface area (Å²) in [4.78, 5) is 69.3. The third kappa shape index (κ3) is 14.0. The van der Waals surface area contributed by atoms with Gasteiger partial charge < -0.3 is 20.9 Å². The van der Waals surface area contributed by atoms with Gasteiger partial charge in [0.2, 0.25) is 0 Å². The second-order valence-corrected chi connectivity index (χ2v) is 22.4. The number of nitrogens with one attached hydrogen (secondary N) is 3. The van der Waals surface area contributed by atoms with Crippen molar-refractivity contribution >= 4 is 104 Å². The Morgan fingerprint density at radius 3 is 1.29 bits per heavy atom. The van der Waals surface area contributed by atoms with E-state index in [-0.39, 0.29) is 34.3 Å². The highest BCUT2D eigenvalue weighted by atomic mass is 35.5. The SMILES string of the molecule is CCCNC(=O)c1nc2cccnn2c1-c1cc(Cl)cc(Cl)c1.CCCNC(=O)c1nc2cccnn2c1-c1ccc(Cl)cc1.CNC(=O)c1nc2cccnn2c1-c1cc(F)c(Cl)cc1C.O=C(c1nc2cccnn2c1-c1ccc(Cl)cc1)N1CCCC1. The molecule has 1 saturated heterocycles. The van der Waals surface area contributed by atoms with Crippen LogP contribution in [-0.2, 0) is 0 Å². The molecule has 0 spiro atoms. The molecule has 20 nitrogen and oxygen atoms in total. The van der Waals surface area contributed by atoms with E-state index in [0.717, 1.165) is 55.5 Å². The van der Waals surface area contributed by atoms with Gasteiger partial charge in [-0.2, -0.15) is 20.4 Å². The number of aryl methyl sites for hydroxylation is 1. The Bertz CT molecular complexity index is 4580. The number of nitrogens with zero attached hydrogens (tertiary/aromatic N) is 13. The van der Waals surface area contributed by atoms with Crippen molar-refractivity contribution in [2.45, 2.75) is 46.5 Å². The quantitative estimate of drug-likeness (QED) is 0.104. The van der Waals surface area contributed by atoms with Gasteiger partial charge in [-0.15, -0.1) is 0 Å². The van der Waals surface area contributed by atoms with Gasteiger partial charge in [-0.05, 0) is 141 Å². The van der Waals surface area contributed by atoms with E-state index in [0.29, 0.717) is 107 Å². The van der Waals surface area contributed by atoms with Crippen LogP contribution in [0.1, 0.15) is 87.0 Å². The number of fused-ring (bicyclic) bond motifs is 4. The maximum Gasteiger partial charge on any atom is 0.274 e. The smallest absolute Gasteiger partial charge is 0.274 e. The number of aromatic nitrogens is 12. The van der Waals surface area contributed by atoms with E-state index in [1.807, 2.05) is 73.3 Å². The molecule has 4 aromatic carbocycles. The minimum absolute atomic E-state index is 0.0297. The summed E-state index contributed by atoms with van der Waals surface area (Å²) >= 11 is 29.9. The first kappa shape index (κ1) is 63.6. The molecule has 3 N–H and O–H groups in total. The first-order valence-electron chi connectivity index (χ1n) is 28.4. The van der Waals surface area contributed by atoms with Crippen LogP contribution in [0.5, 0.6) is 0 Å². The van der Waals surface area contributed by atoms with Crippen LogP contribution in [0.15, 0.2) is 152 Å². The van der Waals surface area contributed by atoms with Crippen LogP contribution in [-0.4, -0.2) is 120 Å². The van der Waals surface area contributed by atoms with Crippen molar-refractivity contribution in [1.29, 1.82) is 0 Å². The molecule has 1 aliphatic rings. The summed E-state index contributed by atoms with van der Waals surface area (Å²) in [5.74, 6) is -1.40. The van der Waals surface area contributed by atoms with Gasteiger partial charge in [0, 0.05) is 100 Å². The summed E-state index contributed by atoms with van der Waals surface area (Å²) < 4.78 is 20.4. The van der Waals surface area contributed by atoms with Crippen LogP contribution in [0.25, 0.3) is 67.6 Å². The molecule has 458 valence electrons. The third-order valence-electron chi connectivity index (χ3n) is 14.0. The largest absolute Gasteiger partial charge is 0.354 e. The molecule has 0 radical (unpaired) electrons. The second-order valence-electron chi connectivity index (χ2n) is 20.3. The summed E-state index contributed by atoms with van der Waals surface area (Å²) in [6.07, 6.45) is 10.4. The van der Waals surface area contributed by atoms with Crippen LogP contribution < -0.4 is 16.0 Å². The van der Waals surface area contributed by atoms with E-state index in [4.69, 9.17) is 58.0 Å². The molecule has 12 aromatic rings. The number of hydrogen-bond donors (Lipinski definition) is 3. The maximum absolute atomic E-state index is 13.9. The predicted octanol–water partition coefficient (Wildman–Crippen LogP) is 13.2. The Morgan fingerprint density at radius 1 is 0.478 bits per heavy atom. The van der Waals surface area contributed by atoms with E-state index in [9.17, 15) is 23.6 Å². The molecule has 9 heterocycles. The van der Waals surface area contributed by atoms with Gasteiger partial charge in [-0.25, -0.2) is 42.4 Å². The first-order valence-corrected chi connectivity index (χ1v) is 30.3. The van der Waals surface area contributed by atoms with Gasteiger partial charge in [0.05, 0.1) is 5.02 Å². The number of imidazole rings is 4. The summed E-state index contributed by atoms with van der Waals surface area (Å²) in [6.45, 7) is 8.56. The molecular weight excluding hydrogens is 1250 g/mol. The van der Waals surface area contributed by atoms with E-state index in [1.54, 1.807) is 106 Å². The average molecular weight is 1310 g/mol. The summed E-state index contributed by atoms with van der Waals surface area (Å²) in [5, 5.41) is 27.7. The van der Waals surface area contributed by atoms with Crippen molar-refractivity contribution < 1.29 is 23.6 Å². The Labute approximate surface area is 540 Å². The lowest BCUT2D eigenvalue weighted by Crippen LogP contribution is -2.28. The molecule has 0 atom stereocenters. The van der Waals surface area contributed by atoms with Gasteiger partial charge >= 0.3 is 0 Å². The predicted molar refractivity (Wildman–Crippen MR) is 347 cm³/mol. The average Bonchev–Trinajstić information content (AvgIpc) is 1.69. The van der Waals surface area contributed by atoms with Crippen molar-refractivity contribution in [1.82, 2.24) is 79.2 Å². The molecule has 26 heteroatoms. The fourth-order valence-corrected chi connectivity index (χ4v) is 10.8. The highest BCUT2D eigenvalue weighted by molar-refractivity contribution is 6.35. The van der Waals surface area contributed by atoms with E-state index < -0.39 is 5.82 Å². The van der Waals surface area contributed by atoms with Gasteiger partial charge in [-0.3, -0.25) is 19.2 Å². The summed E-state index contributed by atoms with van der Waals surface area (Å²) in [5.41, 5.74) is 9.74. The van der Waals surface area contributed by atoms with Crippen LogP contribution in [0.2, 0.25) is 25.1 Å². The van der Waals surface area contributed by atoms with Crippen molar-refractivity contribution in [2.75, 3.05) is 33.2 Å². The minimum Gasteiger partial charge on any atom is -0.354 e. The standard InChI is InChI=1S/C17H15ClN4O.C16H14Cl2N4O.C16H15ClN4O.C15H12ClFN4O/c18-13-7-5-12(6-8-13)16-15(17(23)21-10-1-2-11-21)20-14-4-3-9-19-22(14)16;1-2-5-19-16(23)14-15(10-7-11(17)9-12(18)8-10)22-13(21-14)4-3-6-20-22;1-2-9-18-16(22)14-15(11-5-7-12(17)8-6-11)21-13(20-14)4-3-10-19-21;1-8-6-10(16)11(17)7-9(8)14-13(15(22)18-2)20-12-4-3-5-19-21(12)14/h3-9H,1-2,10-11H2;3-4,6-9H,2,5H2,1H3,(H,19,23);3-8,10H,2,9H2,1H3,(H,18,22);3-7H,1-2H3,(H,18,22). The normalized spacial score (nSPS) is 11.8. The molecule has 0 aliphatic carbocycles. The Morgan fingerprint density at radius 2 is 0.867 bits per heavy atom. The molecule has 1 fully saturated rings. The number of carbonyl (C=O) groups is 4. The Balaban J connectivity index is 0.000000132. The van der Waals surface area contributed by atoms with Gasteiger partial charge in [0.15, 0.2) is 45.4 Å². The lowest BCUT2D eigenvalue weighted by atomic mass is 10.0. The van der Waals surface area contributed by atoms with Crippen LogP contribution in [0.4, 0.5) is 4.39 Å². The molecule has 4 amide bonds. The minimum atomic E-state index is -0.559. The van der Waals surface area contributed by atoms with E-state index >= 15 is 0 Å². The molecule has 0 unspecified atom stereocenters. The second kappa shape index (κ2) is 28.8. The van der Waals surface area contributed by atoms with E-state index in [1.165, 1.54) is 23.7 Å². The summed E-state index contributed by atoms with van der Waals surface area (Å²) in [6, 6.07) is 36.9.